The number of nitrogens with one attached hydrogen (secondary N) is 1. The van der Waals surface area contributed by atoms with Crippen LogP contribution in [0, 0.1) is 6.92 Å². The zero-order valence-electron chi connectivity index (χ0n) is 15.6. The first-order valence-corrected chi connectivity index (χ1v) is 9.04. The number of rotatable bonds is 4. The van der Waals surface area contributed by atoms with Gasteiger partial charge in [0.05, 0.1) is 24.0 Å². The molecule has 0 spiro atoms. The van der Waals surface area contributed by atoms with Crippen molar-refractivity contribution in [3.63, 3.8) is 0 Å². The Labute approximate surface area is 161 Å². The Kier molecular flexibility index (Phi) is 4.54. The number of methoxy groups -OCH3 is 1. The summed E-state index contributed by atoms with van der Waals surface area (Å²) in [7, 11) is 1.29. The number of fused-ring (bicyclic) bond motifs is 3. The number of amides is 1. The average molecular weight is 384 g/mol. The summed E-state index contributed by atoms with van der Waals surface area (Å²) in [6, 6.07) is 6.50. The molecule has 0 saturated carbocycles. The van der Waals surface area contributed by atoms with Crippen LogP contribution in [0.15, 0.2) is 28.7 Å². The lowest BCUT2D eigenvalue weighted by Crippen LogP contribution is -2.43. The second-order valence-corrected chi connectivity index (χ2v) is 6.82. The topological polar surface area (TPSA) is 98.1 Å². The number of carbonyl (C=O) groups excluding carboxylic acids is 3. The van der Waals surface area contributed by atoms with Gasteiger partial charge in [0, 0.05) is 6.54 Å². The minimum absolute atomic E-state index is 0.0445. The van der Waals surface area contributed by atoms with Gasteiger partial charge >= 0.3 is 11.9 Å². The second-order valence-electron chi connectivity index (χ2n) is 6.82. The van der Waals surface area contributed by atoms with E-state index in [1.807, 2.05) is 6.07 Å². The van der Waals surface area contributed by atoms with Crippen LogP contribution in [-0.4, -0.2) is 37.5 Å². The summed E-state index contributed by atoms with van der Waals surface area (Å²) in [6.07, 6.45) is 1.81. The quantitative estimate of drug-likeness (QED) is 0.809. The van der Waals surface area contributed by atoms with E-state index in [0.29, 0.717) is 28.3 Å². The van der Waals surface area contributed by atoms with Crippen LogP contribution in [0.1, 0.15) is 45.1 Å². The van der Waals surface area contributed by atoms with Crippen molar-refractivity contribution in [3.05, 3.63) is 46.9 Å². The average Bonchev–Trinajstić information content (AvgIpc) is 3.32. The number of anilines is 2. The van der Waals surface area contributed by atoms with Crippen molar-refractivity contribution in [3.8, 4) is 0 Å². The van der Waals surface area contributed by atoms with Gasteiger partial charge in [-0.05, 0) is 44.0 Å². The standard InChI is InChI=1S/C20H20N2O6/c1-11-14(20(25)26-2)9-13(28-11)10-27-19(24)12-5-6-16-15(8-12)21-18(23)17-4-3-7-22(16)17/h5-6,8-9,17H,3-4,7,10H2,1-2H3,(H,21,23)/t17-/m1/s1. The van der Waals surface area contributed by atoms with E-state index in [2.05, 4.69) is 15.0 Å². The van der Waals surface area contributed by atoms with Gasteiger partial charge in [0.1, 0.15) is 29.7 Å². The highest BCUT2D eigenvalue weighted by Crippen LogP contribution is 2.37. The Morgan fingerprint density at radius 2 is 2.11 bits per heavy atom. The Hall–Kier alpha value is -3.29. The fourth-order valence-electron chi connectivity index (χ4n) is 3.70. The Morgan fingerprint density at radius 1 is 1.29 bits per heavy atom. The van der Waals surface area contributed by atoms with E-state index in [1.165, 1.54) is 13.2 Å². The van der Waals surface area contributed by atoms with Crippen molar-refractivity contribution in [1.29, 1.82) is 0 Å². The molecule has 1 atom stereocenters. The van der Waals surface area contributed by atoms with E-state index < -0.39 is 11.9 Å². The summed E-state index contributed by atoms with van der Waals surface area (Å²) < 4.78 is 15.4. The Balaban J connectivity index is 1.47. The van der Waals surface area contributed by atoms with E-state index in [4.69, 9.17) is 9.15 Å². The summed E-state index contributed by atoms with van der Waals surface area (Å²) in [5.41, 5.74) is 2.15. The van der Waals surface area contributed by atoms with E-state index in [1.54, 1.807) is 19.1 Å². The molecule has 1 saturated heterocycles. The number of furan rings is 1. The minimum Gasteiger partial charge on any atom is -0.465 e. The van der Waals surface area contributed by atoms with Crippen molar-refractivity contribution in [2.24, 2.45) is 0 Å². The number of benzene rings is 1. The molecule has 0 radical (unpaired) electrons. The number of aryl methyl sites for hydroxylation is 1. The van der Waals surface area contributed by atoms with Gasteiger partial charge in [-0.15, -0.1) is 0 Å². The van der Waals surface area contributed by atoms with Gasteiger partial charge in [0.2, 0.25) is 5.91 Å². The number of esters is 2. The molecule has 1 N–H and O–H groups in total. The molecule has 1 aromatic carbocycles. The van der Waals surface area contributed by atoms with Gasteiger partial charge in [-0.2, -0.15) is 0 Å². The van der Waals surface area contributed by atoms with Crippen LogP contribution in [0.5, 0.6) is 0 Å². The lowest BCUT2D eigenvalue weighted by atomic mass is 10.1. The highest BCUT2D eigenvalue weighted by Gasteiger charge is 2.36. The van der Waals surface area contributed by atoms with Crippen LogP contribution >= 0.6 is 0 Å². The molecule has 2 aromatic rings. The van der Waals surface area contributed by atoms with Crippen molar-refractivity contribution in [2.75, 3.05) is 23.9 Å². The SMILES string of the molecule is COC(=O)c1cc(COC(=O)c2ccc3c(c2)NC(=O)[C@H]2CCCN32)oc1C. The zero-order chi connectivity index (χ0) is 19.8. The molecule has 0 bridgehead atoms. The van der Waals surface area contributed by atoms with Gasteiger partial charge in [-0.1, -0.05) is 0 Å². The molecule has 3 heterocycles. The number of ether oxygens (including phenoxy) is 2. The van der Waals surface area contributed by atoms with Gasteiger partial charge in [0.15, 0.2) is 0 Å². The van der Waals surface area contributed by atoms with Crippen molar-refractivity contribution < 1.29 is 28.3 Å². The molecule has 0 unspecified atom stereocenters. The van der Waals surface area contributed by atoms with Crippen LogP contribution in [-0.2, 0) is 20.9 Å². The van der Waals surface area contributed by atoms with Crippen LogP contribution in [0.25, 0.3) is 0 Å². The molecule has 2 aliphatic heterocycles. The maximum Gasteiger partial charge on any atom is 0.341 e. The lowest BCUT2D eigenvalue weighted by Gasteiger charge is -2.33. The Bertz CT molecular complexity index is 964. The van der Waals surface area contributed by atoms with Crippen molar-refractivity contribution in [2.45, 2.75) is 32.4 Å². The highest BCUT2D eigenvalue weighted by atomic mass is 16.5. The van der Waals surface area contributed by atoms with Gasteiger partial charge in [-0.25, -0.2) is 9.59 Å². The molecule has 1 fully saturated rings. The molecular formula is C20H20N2O6. The molecule has 1 amide bonds. The molecule has 2 aliphatic rings. The fourth-order valence-corrected chi connectivity index (χ4v) is 3.70. The van der Waals surface area contributed by atoms with Gasteiger partial charge in [-0.3, -0.25) is 4.79 Å². The van der Waals surface area contributed by atoms with Gasteiger partial charge in [0.25, 0.3) is 0 Å². The first-order chi connectivity index (χ1) is 13.5. The maximum atomic E-state index is 12.4. The summed E-state index contributed by atoms with van der Waals surface area (Å²) in [4.78, 5) is 38.3. The van der Waals surface area contributed by atoms with E-state index in [9.17, 15) is 14.4 Å². The molecule has 146 valence electrons. The third-order valence-electron chi connectivity index (χ3n) is 5.07. The van der Waals surface area contributed by atoms with Crippen molar-refractivity contribution in [1.82, 2.24) is 0 Å². The number of hydrogen-bond acceptors (Lipinski definition) is 7. The van der Waals surface area contributed by atoms with E-state index in [0.717, 1.165) is 25.1 Å². The first-order valence-electron chi connectivity index (χ1n) is 9.04. The van der Waals surface area contributed by atoms with Crippen molar-refractivity contribution >= 4 is 29.2 Å². The predicted octanol–water partition coefficient (Wildman–Crippen LogP) is 2.65. The molecule has 4 rings (SSSR count). The number of carbonyl (C=O) groups is 3. The molecule has 1 aromatic heterocycles. The maximum absolute atomic E-state index is 12.4. The third-order valence-corrected chi connectivity index (χ3v) is 5.07. The fraction of sp³-hybridized carbons (Fsp3) is 0.350. The monoisotopic (exact) mass is 384 g/mol. The predicted molar refractivity (Wildman–Crippen MR) is 99.3 cm³/mol. The highest BCUT2D eigenvalue weighted by molar-refractivity contribution is 6.05. The molecule has 0 aliphatic carbocycles. The Morgan fingerprint density at radius 3 is 2.89 bits per heavy atom. The van der Waals surface area contributed by atoms with Crippen LogP contribution in [0.3, 0.4) is 0 Å². The molecular weight excluding hydrogens is 364 g/mol. The van der Waals surface area contributed by atoms with E-state index in [-0.39, 0.29) is 18.6 Å². The summed E-state index contributed by atoms with van der Waals surface area (Å²) >= 11 is 0. The largest absolute Gasteiger partial charge is 0.465 e. The third kappa shape index (κ3) is 3.11. The summed E-state index contributed by atoms with van der Waals surface area (Å²) in [6.45, 7) is 2.35. The smallest absolute Gasteiger partial charge is 0.341 e. The molecule has 8 nitrogen and oxygen atoms in total. The van der Waals surface area contributed by atoms with Gasteiger partial charge < -0.3 is 24.1 Å². The second kappa shape index (κ2) is 7.03. The normalized spacial score (nSPS) is 17.6. The summed E-state index contributed by atoms with van der Waals surface area (Å²) in [5, 5.41) is 2.87. The van der Waals surface area contributed by atoms with Crippen LogP contribution < -0.4 is 10.2 Å². The van der Waals surface area contributed by atoms with E-state index >= 15 is 0 Å². The molecule has 8 heteroatoms. The minimum atomic E-state index is -0.547. The number of hydrogen-bond donors (Lipinski definition) is 1. The number of nitrogens with zero attached hydrogens (tertiary/aromatic N) is 1. The zero-order valence-corrected chi connectivity index (χ0v) is 15.6. The first kappa shape index (κ1) is 18.1. The van der Waals surface area contributed by atoms with Crippen LogP contribution in [0.4, 0.5) is 11.4 Å². The summed E-state index contributed by atoms with van der Waals surface area (Å²) in [5.74, 6) is -0.359. The molecule has 28 heavy (non-hydrogen) atoms. The lowest BCUT2D eigenvalue weighted by molar-refractivity contribution is -0.117. The van der Waals surface area contributed by atoms with Crippen LogP contribution in [0.2, 0.25) is 0 Å².